The van der Waals surface area contributed by atoms with Gasteiger partial charge in [-0.25, -0.2) is 9.18 Å². The van der Waals surface area contributed by atoms with Gasteiger partial charge in [0.2, 0.25) is 5.91 Å². The van der Waals surface area contributed by atoms with Gasteiger partial charge in [-0.05, 0) is 75.3 Å². The normalized spacial score (nSPS) is 16.0. The molecule has 0 saturated carbocycles. The van der Waals surface area contributed by atoms with Crippen LogP contribution in [0.15, 0.2) is 59.8 Å². The van der Waals surface area contributed by atoms with Crippen molar-refractivity contribution in [1.29, 1.82) is 0 Å². The minimum Gasteiger partial charge on any atom is -0.459 e. The number of amides is 1. The lowest BCUT2D eigenvalue weighted by Gasteiger charge is -2.37. The van der Waals surface area contributed by atoms with E-state index in [0.717, 1.165) is 16.8 Å². The molecule has 2 N–H and O–H groups in total. The van der Waals surface area contributed by atoms with Crippen LogP contribution in [0.4, 0.5) is 10.1 Å². The lowest BCUT2D eigenvalue weighted by atomic mass is 9.94. The molecule has 2 aromatic carbocycles. The second-order valence-corrected chi connectivity index (χ2v) is 8.44. The summed E-state index contributed by atoms with van der Waals surface area (Å²) in [7, 11) is 0. The number of ether oxygens (including phenoxy) is 1. The number of rotatable bonds is 7. The van der Waals surface area contributed by atoms with E-state index in [0.29, 0.717) is 22.9 Å². The van der Waals surface area contributed by atoms with Crippen LogP contribution in [0.3, 0.4) is 0 Å². The van der Waals surface area contributed by atoms with Gasteiger partial charge in [-0.15, -0.1) is 0 Å². The molecule has 1 heterocycles. The van der Waals surface area contributed by atoms with E-state index in [1.165, 1.54) is 12.1 Å². The fraction of sp³-hybridized carbons (Fsp3) is 0.320. The van der Waals surface area contributed by atoms with Crippen molar-refractivity contribution in [2.75, 3.05) is 11.9 Å². The molecule has 1 amide bonds. The summed E-state index contributed by atoms with van der Waals surface area (Å²) in [5, 5.41) is 6.62. The molecule has 1 atom stereocenters. The number of anilines is 1. The average molecular weight is 470 g/mol. The highest BCUT2D eigenvalue weighted by Crippen LogP contribution is 2.32. The Morgan fingerprint density at radius 1 is 1.15 bits per heavy atom. The first-order valence-corrected chi connectivity index (χ1v) is 11.2. The summed E-state index contributed by atoms with van der Waals surface area (Å²) in [6, 6.07) is 12.6. The molecule has 0 aliphatic carbocycles. The summed E-state index contributed by atoms with van der Waals surface area (Å²) in [6.07, 6.45) is -0.110. The van der Waals surface area contributed by atoms with E-state index in [1.54, 1.807) is 24.3 Å². The molecule has 33 heavy (non-hydrogen) atoms. The summed E-state index contributed by atoms with van der Waals surface area (Å²) in [5.41, 5.74) is 3.42. The lowest BCUT2D eigenvalue weighted by molar-refractivity contribution is -0.143. The molecule has 0 aromatic heterocycles. The SMILES string of the molecule is CCN1C(=S)N[C@H](c2ccc(NC(=O)Cc3ccc(F)cc3)cc2)C(C(=O)OC(C)C)=C1C. The zero-order valence-electron chi connectivity index (χ0n) is 19.1. The maximum Gasteiger partial charge on any atom is 0.338 e. The first-order chi connectivity index (χ1) is 15.7. The smallest absolute Gasteiger partial charge is 0.338 e. The number of thiocarbonyl (C=S) groups is 1. The Morgan fingerprint density at radius 2 is 1.79 bits per heavy atom. The van der Waals surface area contributed by atoms with Crippen LogP contribution in [0, 0.1) is 5.82 Å². The quantitative estimate of drug-likeness (QED) is 0.460. The molecule has 3 rings (SSSR count). The zero-order valence-corrected chi connectivity index (χ0v) is 20.0. The third-order valence-corrected chi connectivity index (χ3v) is 5.62. The van der Waals surface area contributed by atoms with Crippen LogP contribution in [-0.4, -0.2) is 34.5 Å². The van der Waals surface area contributed by atoms with Gasteiger partial charge in [-0.3, -0.25) is 4.79 Å². The van der Waals surface area contributed by atoms with E-state index in [-0.39, 0.29) is 24.2 Å². The van der Waals surface area contributed by atoms with Gasteiger partial charge in [0.25, 0.3) is 0 Å². The monoisotopic (exact) mass is 469 g/mol. The standard InChI is InChI=1S/C25H28FN3O3S/c1-5-29-16(4)22(24(31)32-15(2)3)23(28-25(29)33)18-8-12-20(13-9-18)27-21(30)14-17-6-10-19(26)11-7-17/h6-13,15,23H,5,14H2,1-4H3,(H,27,30)(H,28,33)/t23-/m1/s1. The number of nitrogens with zero attached hydrogens (tertiary/aromatic N) is 1. The predicted molar refractivity (Wildman–Crippen MR) is 130 cm³/mol. The lowest BCUT2D eigenvalue weighted by Crippen LogP contribution is -2.47. The van der Waals surface area contributed by atoms with Crippen LogP contribution in [0.5, 0.6) is 0 Å². The second-order valence-electron chi connectivity index (χ2n) is 8.05. The molecule has 0 spiro atoms. The van der Waals surface area contributed by atoms with Crippen molar-refractivity contribution in [3.05, 3.63) is 76.7 Å². The molecule has 0 saturated heterocycles. The molecular formula is C25H28FN3O3S. The zero-order chi connectivity index (χ0) is 24.1. The molecule has 0 bridgehead atoms. The van der Waals surface area contributed by atoms with Gasteiger partial charge in [0.05, 0.1) is 24.1 Å². The Bertz CT molecular complexity index is 1070. The van der Waals surface area contributed by atoms with Gasteiger partial charge in [0, 0.05) is 17.9 Å². The molecule has 0 radical (unpaired) electrons. The number of halogens is 1. The van der Waals surface area contributed by atoms with Crippen LogP contribution >= 0.6 is 12.2 Å². The number of nitrogens with one attached hydrogen (secondary N) is 2. The van der Waals surface area contributed by atoms with Crippen LogP contribution in [0.25, 0.3) is 0 Å². The highest BCUT2D eigenvalue weighted by Gasteiger charge is 2.34. The Morgan fingerprint density at radius 3 is 2.36 bits per heavy atom. The number of carbonyl (C=O) groups excluding carboxylic acids is 2. The fourth-order valence-electron chi connectivity index (χ4n) is 3.71. The van der Waals surface area contributed by atoms with Crippen molar-refractivity contribution in [1.82, 2.24) is 10.2 Å². The first kappa shape index (κ1) is 24.4. The Balaban J connectivity index is 1.79. The fourth-order valence-corrected chi connectivity index (χ4v) is 4.09. The van der Waals surface area contributed by atoms with Gasteiger partial charge in [-0.2, -0.15) is 0 Å². The molecule has 1 aliphatic heterocycles. The average Bonchev–Trinajstić information content (AvgIpc) is 2.75. The molecule has 8 heteroatoms. The number of allylic oxidation sites excluding steroid dienone is 1. The Kier molecular flexibility index (Phi) is 7.81. The summed E-state index contributed by atoms with van der Waals surface area (Å²) in [4.78, 5) is 27.1. The van der Waals surface area contributed by atoms with Crippen molar-refractivity contribution in [2.45, 2.75) is 46.3 Å². The van der Waals surface area contributed by atoms with Crippen LogP contribution in [0.2, 0.25) is 0 Å². The first-order valence-electron chi connectivity index (χ1n) is 10.8. The third kappa shape index (κ3) is 5.96. The second kappa shape index (κ2) is 10.6. The molecule has 1 aliphatic rings. The van der Waals surface area contributed by atoms with Crippen molar-refractivity contribution < 1.29 is 18.7 Å². The van der Waals surface area contributed by atoms with Crippen LogP contribution in [-0.2, 0) is 20.7 Å². The van der Waals surface area contributed by atoms with Crippen molar-refractivity contribution >= 4 is 34.9 Å². The minimum absolute atomic E-state index is 0.139. The van der Waals surface area contributed by atoms with Gasteiger partial charge in [-0.1, -0.05) is 24.3 Å². The number of carbonyl (C=O) groups is 2. The summed E-state index contributed by atoms with van der Waals surface area (Å²) in [6.45, 7) is 8.08. The third-order valence-electron chi connectivity index (χ3n) is 5.28. The van der Waals surface area contributed by atoms with Crippen LogP contribution in [0.1, 0.15) is 44.9 Å². The minimum atomic E-state index is -0.462. The number of hydrogen-bond acceptors (Lipinski definition) is 4. The van der Waals surface area contributed by atoms with E-state index in [4.69, 9.17) is 17.0 Å². The molecule has 0 unspecified atom stereocenters. The maximum atomic E-state index is 13.0. The van der Waals surface area contributed by atoms with Gasteiger partial charge in [0.15, 0.2) is 5.11 Å². The maximum absolute atomic E-state index is 13.0. The molecule has 174 valence electrons. The van der Waals surface area contributed by atoms with Gasteiger partial charge >= 0.3 is 5.97 Å². The Hall–Kier alpha value is -3.26. The van der Waals surface area contributed by atoms with Crippen molar-refractivity contribution in [2.24, 2.45) is 0 Å². The summed E-state index contributed by atoms with van der Waals surface area (Å²) in [5.74, 6) is -0.937. The van der Waals surface area contributed by atoms with E-state index in [9.17, 15) is 14.0 Å². The predicted octanol–water partition coefficient (Wildman–Crippen LogP) is 4.48. The van der Waals surface area contributed by atoms with Crippen LogP contribution < -0.4 is 10.6 Å². The van der Waals surface area contributed by atoms with E-state index >= 15 is 0 Å². The van der Waals surface area contributed by atoms with Crippen molar-refractivity contribution in [3.8, 4) is 0 Å². The van der Waals surface area contributed by atoms with E-state index in [2.05, 4.69) is 10.6 Å². The molecule has 0 fully saturated rings. The summed E-state index contributed by atoms with van der Waals surface area (Å²) < 4.78 is 18.5. The van der Waals surface area contributed by atoms with E-state index < -0.39 is 12.0 Å². The highest BCUT2D eigenvalue weighted by atomic mass is 32.1. The number of hydrogen-bond donors (Lipinski definition) is 2. The largest absolute Gasteiger partial charge is 0.459 e. The Labute approximate surface area is 198 Å². The van der Waals surface area contributed by atoms with Gasteiger partial charge in [0.1, 0.15) is 5.82 Å². The van der Waals surface area contributed by atoms with Crippen molar-refractivity contribution in [3.63, 3.8) is 0 Å². The molecule has 6 nitrogen and oxygen atoms in total. The topological polar surface area (TPSA) is 70.7 Å². The highest BCUT2D eigenvalue weighted by molar-refractivity contribution is 7.80. The molecular weight excluding hydrogens is 441 g/mol. The number of esters is 1. The molecule has 2 aromatic rings. The number of benzene rings is 2. The van der Waals surface area contributed by atoms with E-state index in [1.807, 2.05) is 44.7 Å². The summed E-state index contributed by atoms with van der Waals surface area (Å²) >= 11 is 5.51. The van der Waals surface area contributed by atoms with Gasteiger partial charge < -0.3 is 20.3 Å².